The van der Waals surface area contributed by atoms with Crippen LogP contribution in [0.1, 0.15) is 31.0 Å². The summed E-state index contributed by atoms with van der Waals surface area (Å²) in [6.07, 6.45) is 2.06. The van der Waals surface area contributed by atoms with E-state index in [1.165, 1.54) is 11.6 Å². The van der Waals surface area contributed by atoms with Gasteiger partial charge in [0.05, 0.1) is 0 Å². The molecule has 0 aliphatic heterocycles. The predicted octanol–water partition coefficient (Wildman–Crippen LogP) is 5.25. The van der Waals surface area contributed by atoms with Crippen LogP contribution >= 0.6 is 0 Å². The molecule has 0 saturated carbocycles. The van der Waals surface area contributed by atoms with E-state index in [9.17, 15) is 4.39 Å². The van der Waals surface area contributed by atoms with Crippen LogP contribution in [0, 0.1) is 12.7 Å². The van der Waals surface area contributed by atoms with Gasteiger partial charge in [-0.15, -0.1) is 0 Å². The summed E-state index contributed by atoms with van der Waals surface area (Å²) in [6, 6.07) is 13.2. The lowest BCUT2D eigenvalue weighted by atomic mass is 10.2. The molecule has 1 aromatic heterocycles. The highest BCUT2D eigenvalue weighted by atomic mass is 19.1. The van der Waals surface area contributed by atoms with Crippen molar-refractivity contribution < 1.29 is 9.13 Å². The second-order valence-corrected chi connectivity index (χ2v) is 5.92. The average molecular weight is 297 g/mol. The fourth-order valence-electron chi connectivity index (χ4n) is 2.64. The third kappa shape index (κ3) is 2.84. The molecule has 2 nitrogen and oxygen atoms in total. The van der Waals surface area contributed by atoms with Crippen molar-refractivity contribution in [3.8, 4) is 5.75 Å². The monoisotopic (exact) mass is 297 g/mol. The van der Waals surface area contributed by atoms with Crippen LogP contribution in [0.3, 0.4) is 0 Å². The topological polar surface area (TPSA) is 14.2 Å². The zero-order chi connectivity index (χ0) is 15.7. The largest absolute Gasteiger partial charge is 0.489 e. The Labute approximate surface area is 130 Å². The van der Waals surface area contributed by atoms with E-state index in [4.69, 9.17) is 4.74 Å². The first kappa shape index (κ1) is 14.6. The van der Waals surface area contributed by atoms with Gasteiger partial charge in [-0.1, -0.05) is 17.7 Å². The number of halogens is 1. The first-order valence-electron chi connectivity index (χ1n) is 7.53. The van der Waals surface area contributed by atoms with E-state index < -0.39 is 0 Å². The molecule has 1 heterocycles. The molecule has 3 heteroatoms. The minimum Gasteiger partial charge on any atom is -0.489 e. The zero-order valence-corrected chi connectivity index (χ0v) is 13.1. The molecule has 3 aromatic rings. The van der Waals surface area contributed by atoms with Gasteiger partial charge in [-0.3, -0.25) is 0 Å². The van der Waals surface area contributed by atoms with Gasteiger partial charge in [-0.25, -0.2) is 4.39 Å². The summed E-state index contributed by atoms with van der Waals surface area (Å²) in [6.45, 7) is 6.71. The number of ether oxygens (including phenoxy) is 1. The first-order chi connectivity index (χ1) is 10.5. The van der Waals surface area contributed by atoms with Crippen LogP contribution in [0.5, 0.6) is 5.75 Å². The fourth-order valence-corrected chi connectivity index (χ4v) is 2.64. The summed E-state index contributed by atoms with van der Waals surface area (Å²) in [5, 5.41) is 0.917. The lowest BCUT2D eigenvalue weighted by Crippen LogP contribution is -1.98. The van der Waals surface area contributed by atoms with Gasteiger partial charge in [0.25, 0.3) is 0 Å². The van der Waals surface area contributed by atoms with Crippen LogP contribution < -0.4 is 4.74 Å². The average Bonchev–Trinajstić information content (AvgIpc) is 2.85. The molecule has 0 unspecified atom stereocenters. The number of fused-ring (bicyclic) bond motifs is 1. The maximum atomic E-state index is 13.6. The molecular formula is C19H20FNO. The molecule has 0 amide bonds. The second kappa shape index (κ2) is 5.84. The molecule has 0 atom stereocenters. The minimum atomic E-state index is -0.217. The van der Waals surface area contributed by atoms with Crippen molar-refractivity contribution in [1.82, 2.24) is 4.57 Å². The van der Waals surface area contributed by atoms with Crippen molar-refractivity contribution in [3.05, 3.63) is 65.6 Å². The maximum Gasteiger partial charge on any atom is 0.123 e. The van der Waals surface area contributed by atoms with E-state index in [2.05, 4.69) is 24.6 Å². The molecule has 0 bridgehead atoms. The third-order valence-electron chi connectivity index (χ3n) is 3.85. The Morgan fingerprint density at radius 1 is 1.09 bits per heavy atom. The molecule has 3 rings (SSSR count). The van der Waals surface area contributed by atoms with Crippen LogP contribution in [0.25, 0.3) is 10.9 Å². The Bertz CT molecular complexity index is 787. The van der Waals surface area contributed by atoms with Crippen molar-refractivity contribution in [2.45, 2.75) is 33.4 Å². The van der Waals surface area contributed by atoms with Crippen LogP contribution in [-0.2, 0) is 6.61 Å². The Morgan fingerprint density at radius 2 is 1.82 bits per heavy atom. The summed E-state index contributed by atoms with van der Waals surface area (Å²) < 4.78 is 21.6. The highest BCUT2D eigenvalue weighted by molar-refractivity contribution is 5.84. The van der Waals surface area contributed by atoms with Crippen LogP contribution in [0.4, 0.5) is 4.39 Å². The summed E-state index contributed by atoms with van der Waals surface area (Å²) in [5.74, 6) is 0.609. The quantitative estimate of drug-likeness (QED) is 0.641. The van der Waals surface area contributed by atoms with E-state index in [0.717, 1.165) is 22.2 Å². The number of nitrogens with zero attached hydrogens (tertiary/aromatic N) is 1. The van der Waals surface area contributed by atoms with Crippen LogP contribution in [-0.4, -0.2) is 4.57 Å². The molecule has 0 aliphatic rings. The van der Waals surface area contributed by atoms with Gasteiger partial charge in [-0.05, 0) is 51.1 Å². The third-order valence-corrected chi connectivity index (χ3v) is 3.85. The highest BCUT2D eigenvalue weighted by Crippen LogP contribution is 2.26. The van der Waals surface area contributed by atoms with Gasteiger partial charge in [-0.2, -0.15) is 0 Å². The Balaban J connectivity index is 1.92. The minimum absolute atomic E-state index is 0.217. The van der Waals surface area contributed by atoms with Crippen molar-refractivity contribution in [3.63, 3.8) is 0 Å². The van der Waals surface area contributed by atoms with Crippen LogP contribution in [0.15, 0.2) is 48.7 Å². The summed E-state index contributed by atoms with van der Waals surface area (Å²) in [5.41, 5.74) is 3.24. The summed E-state index contributed by atoms with van der Waals surface area (Å²) >= 11 is 0. The van der Waals surface area contributed by atoms with Gasteiger partial charge >= 0.3 is 0 Å². The molecule has 0 aliphatic carbocycles. The SMILES string of the molecule is Cc1ccc(OCc2cn(C(C)C)c3ccc(F)cc23)cc1. The molecule has 22 heavy (non-hydrogen) atoms. The lowest BCUT2D eigenvalue weighted by Gasteiger charge is -2.08. The smallest absolute Gasteiger partial charge is 0.123 e. The Hall–Kier alpha value is -2.29. The van der Waals surface area contributed by atoms with E-state index in [0.29, 0.717) is 12.6 Å². The molecule has 0 radical (unpaired) electrons. The van der Waals surface area contributed by atoms with Gasteiger partial charge < -0.3 is 9.30 Å². The first-order valence-corrected chi connectivity index (χ1v) is 7.53. The summed E-state index contributed by atoms with van der Waals surface area (Å²) in [4.78, 5) is 0. The number of hydrogen-bond acceptors (Lipinski definition) is 1. The predicted molar refractivity (Wildman–Crippen MR) is 87.8 cm³/mol. The number of benzene rings is 2. The maximum absolute atomic E-state index is 13.6. The number of rotatable bonds is 4. The molecule has 2 aromatic carbocycles. The molecular weight excluding hydrogens is 277 g/mol. The van der Waals surface area contributed by atoms with Gasteiger partial charge in [0, 0.05) is 28.7 Å². The normalized spacial score (nSPS) is 11.3. The van der Waals surface area contributed by atoms with Crippen LogP contribution in [0.2, 0.25) is 0 Å². The molecule has 0 spiro atoms. The van der Waals surface area contributed by atoms with Crippen molar-refractivity contribution >= 4 is 10.9 Å². The number of aryl methyl sites for hydroxylation is 1. The fraction of sp³-hybridized carbons (Fsp3) is 0.263. The Morgan fingerprint density at radius 3 is 2.50 bits per heavy atom. The molecule has 0 fully saturated rings. The van der Waals surface area contributed by atoms with E-state index >= 15 is 0 Å². The van der Waals surface area contributed by atoms with Crippen molar-refractivity contribution in [2.24, 2.45) is 0 Å². The van der Waals surface area contributed by atoms with Gasteiger partial charge in [0.1, 0.15) is 18.2 Å². The van der Waals surface area contributed by atoms with E-state index in [1.54, 1.807) is 6.07 Å². The van der Waals surface area contributed by atoms with Crippen molar-refractivity contribution in [1.29, 1.82) is 0 Å². The lowest BCUT2D eigenvalue weighted by molar-refractivity contribution is 0.307. The second-order valence-electron chi connectivity index (χ2n) is 5.92. The Kier molecular flexibility index (Phi) is 3.88. The molecule has 0 saturated heterocycles. The zero-order valence-electron chi connectivity index (χ0n) is 13.1. The summed E-state index contributed by atoms with van der Waals surface area (Å²) in [7, 11) is 0. The molecule has 114 valence electrons. The number of hydrogen-bond donors (Lipinski definition) is 0. The molecule has 0 N–H and O–H groups in total. The van der Waals surface area contributed by atoms with E-state index in [1.807, 2.05) is 37.3 Å². The standard InChI is InChI=1S/C19H20FNO/c1-13(2)21-11-15(18-10-16(20)6-9-19(18)21)12-22-17-7-4-14(3)5-8-17/h4-11,13H,12H2,1-3H3. The number of aromatic nitrogens is 1. The van der Waals surface area contributed by atoms with Gasteiger partial charge in [0.15, 0.2) is 0 Å². The van der Waals surface area contributed by atoms with Gasteiger partial charge in [0.2, 0.25) is 0 Å². The van der Waals surface area contributed by atoms with E-state index in [-0.39, 0.29) is 5.82 Å². The van der Waals surface area contributed by atoms with Crippen molar-refractivity contribution in [2.75, 3.05) is 0 Å². The highest BCUT2D eigenvalue weighted by Gasteiger charge is 2.12.